The van der Waals surface area contributed by atoms with Gasteiger partial charge < -0.3 is 10.1 Å². The molecule has 0 saturated carbocycles. The average Bonchev–Trinajstić information content (AvgIpc) is 2.43. The molecule has 1 unspecified atom stereocenters. The predicted molar refractivity (Wildman–Crippen MR) is 49.3 cm³/mol. The minimum Gasteiger partial charge on any atom is -0.381 e. The third-order valence-electron chi connectivity index (χ3n) is 3.48. The molecule has 0 radical (unpaired) electrons. The van der Waals surface area contributed by atoms with Gasteiger partial charge in [-0.2, -0.15) is 0 Å². The first-order valence-electron chi connectivity index (χ1n) is 5.14. The standard InChI is InChI=1S/C10H17NO2/c1-2-8-10(7-9(12)11-8)3-5-13-6-4-10/h8H,2-7H2,1H3,(H,11,12). The normalized spacial score (nSPS) is 32.1. The zero-order valence-corrected chi connectivity index (χ0v) is 8.14. The molecule has 13 heavy (non-hydrogen) atoms. The Hall–Kier alpha value is -0.570. The van der Waals surface area contributed by atoms with E-state index >= 15 is 0 Å². The molecular weight excluding hydrogens is 166 g/mol. The van der Waals surface area contributed by atoms with Crippen molar-refractivity contribution in [2.24, 2.45) is 5.41 Å². The quantitative estimate of drug-likeness (QED) is 0.660. The molecule has 2 rings (SSSR count). The first-order chi connectivity index (χ1) is 6.27. The molecule has 3 nitrogen and oxygen atoms in total. The maximum Gasteiger partial charge on any atom is 0.220 e. The van der Waals surface area contributed by atoms with Crippen molar-refractivity contribution in [3.05, 3.63) is 0 Å². The minimum absolute atomic E-state index is 0.226. The van der Waals surface area contributed by atoms with Gasteiger partial charge in [0.1, 0.15) is 0 Å². The van der Waals surface area contributed by atoms with E-state index < -0.39 is 0 Å². The van der Waals surface area contributed by atoms with E-state index in [1.807, 2.05) is 0 Å². The van der Waals surface area contributed by atoms with Gasteiger partial charge in [-0.25, -0.2) is 0 Å². The molecule has 2 saturated heterocycles. The highest BCUT2D eigenvalue weighted by atomic mass is 16.5. The maximum absolute atomic E-state index is 11.3. The predicted octanol–water partition coefficient (Wildman–Crippen LogP) is 1.08. The molecule has 1 atom stereocenters. The van der Waals surface area contributed by atoms with Gasteiger partial charge >= 0.3 is 0 Å². The Labute approximate surface area is 78.8 Å². The third kappa shape index (κ3) is 1.46. The van der Waals surface area contributed by atoms with E-state index in [2.05, 4.69) is 12.2 Å². The lowest BCUT2D eigenvalue weighted by molar-refractivity contribution is -0.120. The van der Waals surface area contributed by atoms with Crippen molar-refractivity contribution in [2.45, 2.75) is 38.6 Å². The van der Waals surface area contributed by atoms with Crippen LogP contribution in [0, 0.1) is 5.41 Å². The van der Waals surface area contributed by atoms with E-state index in [0.717, 1.165) is 38.9 Å². The molecule has 0 aromatic carbocycles. The Kier molecular flexibility index (Phi) is 2.28. The average molecular weight is 183 g/mol. The van der Waals surface area contributed by atoms with Crippen molar-refractivity contribution in [1.29, 1.82) is 0 Å². The van der Waals surface area contributed by atoms with E-state index in [0.29, 0.717) is 6.04 Å². The number of nitrogens with one attached hydrogen (secondary N) is 1. The van der Waals surface area contributed by atoms with Crippen LogP contribution in [-0.2, 0) is 9.53 Å². The Morgan fingerprint density at radius 2 is 2.23 bits per heavy atom. The fourth-order valence-electron chi connectivity index (χ4n) is 2.68. The van der Waals surface area contributed by atoms with Gasteiger partial charge in [-0.15, -0.1) is 0 Å². The summed E-state index contributed by atoms with van der Waals surface area (Å²) in [7, 11) is 0. The summed E-state index contributed by atoms with van der Waals surface area (Å²) < 4.78 is 5.35. The number of hydrogen-bond donors (Lipinski definition) is 1. The Morgan fingerprint density at radius 1 is 1.54 bits per heavy atom. The van der Waals surface area contributed by atoms with Crippen LogP contribution in [0.3, 0.4) is 0 Å². The first kappa shape index (κ1) is 9.00. The van der Waals surface area contributed by atoms with E-state index in [9.17, 15) is 4.79 Å². The molecule has 74 valence electrons. The molecule has 2 heterocycles. The van der Waals surface area contributed by atoms with Gasteiger partial charge in [0.15, 0.2) is 0 Å². The van der Waals surface area contributed by atoms with Crippen molar-refractivity contribution >= 4 is 5.91 Å². The zero-order valence-electron chi connectivity index (χ0n) is 8.14. The van der Waals surface area contributed by atoms with E-state index in [1.165, 1.54) is 0 Å². The summed E-state index contributed by atoms with van der Waals surface area (Å²) in [5.41, 5.74) is 0.226. The number of ether oxygens (including phenoxy) is 1. The van der Waals surface area contributed by atoms with Gasteiger partial charge in [0.25, 0.3) is 0 Å². The summed E-state index contributed by atoms with van der Waals surface area (Å²) in [5, 5.41) is 3.07. The zero-order chi connectivity index (χ0) is 9.31. The Morgan fingerprint density at radius 3 is 2.85 bits per heavy atom. The molecule has 1 spiro atoms. The number of amides is 1. The van der Waals surface area contributed by atoms with Crippen molar-refractivity contribution in [2.75, 3.05) is 13.2 Å². The first-order valence-corrected chi connectivity index (χ1v) is 5.14. The Balaban J connectivity index is 2.13. The molecule has 2 fully saturated rings. The van der Waals surface area contributed by atoms with Gasteiger partial charge in [-0.1, -0.05) is 6.92 Å². The highest BCUT2D eigenvalue weighted by Gasteiger charge is 2.46. The van der Waals surface area contributed by atoms with Crippen molar-refractivity contribution in [1.82, 2.24) is 5.32 Å². The van der Waals surface area contributed by atoms with Gasteiger partial charge in [0.2, 0.25) is 5.91 Å². The van der Waals surface area contributed by atoms with Crippen LogP contribution in [0.25, 0.3) is 0 Å². The fraction of sp³-hybridized carbons (Fsp3) is 0.900. The Bertz CT molecular complexity index is 209. The van der Waals surface area contributed by atoms with Gasteiger partial charge in [-0.05, 0) is 19.3 Å². The van der Waals surface area contributed by atoms with E-state index in [-0.39, 0.29) is 11.3 Å². The summed E-state index contributed by atoms with van der Waals surface area (Å²) in [4.78, 5) is 11.3. The van der Waals surface area contributed by atoms with Crippen LogP contribution >= 0.6 is 0 Å². The van der Waals surface area contributed by atoms with Crippen LogP contribution in [0.4, 0.5) is 0 Å². The summed E-state index contributed by atoms with van der Waals surface area (Å²) in [6.45, 7) is 3.80. The molecule has 3 heteroatoms. The van der Waals surface area contributed by atoms with Crippen molar-refractivity contribution in [3.8, 4) is 0 Å². The molecule has 2 aliphatic heterocycles. The summed E-state index contributed by atoms with van der Waals surface area (Å²) in [6.07, 6.45) is 3.86. The number of hydrogen-bond acceptors (Lipinski definition) is 2. The van der Waals surface area contributed by atoms with Crippen LogP contribution < -0.4 is 5.32 Å². The fourth-order valence-corrected chi connectivity index (χ4v) is 2.68. The van der Waals surface area contributed by atoms with Gasteiger partial charge in [-0.3, -0.25) is 4.79 Å². The summed E-state index contributed by atoms with van der Waals surface area (Å²) in [5.74, 6) is 0.230. The van der Waals surface area contributed by atoms with E-state index in [4.69, 9.17) is 4.74 Å². The van der Waals surface area contributed by atoms with Gasteiger partial charge in [0, 0.05) is 31.1 Å². The SMILES string of the molecule is CCC1NC(=O)CC12CCOCC2. The van der Waals surface area contributed by atoms with Crippen LogP contribution in [0.1, 0.15) is 32.6 Å². The minimum atomic E-state index is 0.226. The second kappa shape index (κ2) is 3.29. The molecule has 1 amide bonds. The molecule has 0 aromatic heterocycles. The van der Waals surface area contributed by atoms with Crippen LogP contribution in [-0.4, -0.2) is 25.2 Å². The largest absolute Gasteiger partial charge is 0.381 e. The van der Waals surface area contributed by atoms with Crippen LogP contribution in [0.2, 0.25) is 0 Å². The number of carbonyl (C=O) groups is 1. The van der Waals surface area contributed by atoms with E-state index in [1.54, 1.807) is 0 Å². The molecule has 0 aromatic rings. The maximum atomic E-state index is 11.3. The van der Waals surface area contributed by atoms with Crippen LogP contribution in [0.15, 0.2) is 0 Å². The summed E-state index contributed by atoms with van der Waals surface area (Å²) >= 11 is 0. The molecule has 0 bridgehead atoms. The number of rotatable bonds is 1. The van der Waals surface area contributed by atoms with Crippen molar-refractivity contribution < 1.29 is 9.53 Å². The number of carbonyl (C=O) groups excluding carboxylic acids is 1. The highest BCUT2D eigenvalue weighted by molar-refractivity contribution is 5.80. The summed E-state index contributed by atoms with van der Waals surface area (Å²) in [6, 6.07) is 0.393. The smallest absolute Gasteiger partial charge is 0.220 e. The van der Waals surface area contributed by atoms with Gasteiger partial charge in [0.05, 0.1) is 0 Å². The lowest BCUT2D eigenvalue weighted by atomic mass is 9.73. The topological polar surface area (TPSA) is 38.3 Å². The molecule has 2 aliphatic rings. The lowest BCUT2D eigenvalue weighted by Crippen LogP contribution is -2.40. The second-order valence-corrected chi connectivity index (χ2v) is 4.18. The lowest BCUT2D eigenvalue weighted by Gasteiger charge is -2.36. The third-order valence-corrected chi connectivity index (χ3v) is 3.48. The molecular formula is C10H17NO2. The molecule has 0 aliphatic carbocycles. The second-order valence-electron chi connectivity index (χ2n) is 4.18. The van der Waals surface area contributed by atoms with Crippen molar-refractivity contribution in [3.63, 3.8) is 0 Å². The van der Waals surface area contributed by atoms with Crippen LogP contribution in [0.5, 0.6) is 0 Å². The monoisotopic (exact) mass is 183 g/mol. The molecule has 1 N–H and O–H groups in total. The highest BCUT2D eigenvalue weighted by Crippen LogP contribution is 2.42.